The lowest BCUT2D eigenvalue weighted by atomic mass is 10.3. The van der Waals surface area contributed by atoms with Crippen molar-refractivity contribution in [2.24, 2.45) is 5.73 Å². The van der Waals surface area contributed by atoms with Crippen LogP contribution in [0.3, 0.4) is 0 Å². The van der Waals surface area contributed by atoms with Crippen molar-refractivity contribution in [1.82, 2.24) is 26.6 Å². The molecule has 0 aromatic heterocycles. The maximum Gasteiger partial charge on any atom is 0.242 e. The van der Waals surface area contributed by atoms with Crippen LogP contribution in [-0.4, -0.2) is 67.8 Å². The molecule has 7 N–H and O–H groups in total. The Balaban J connectivity index is 3.97. The molecular formula is C14H26N6O5. The van der Waals surface area contributed by atoms with Gasteiger partial charge in [0.2, 0.25) is 29.5 Å². The topological polar surface area (TPSA) is 172 Å². The zero-order valence-electron chi connectivity index (χ0n) is 14.6. The second-order valence-electron chi connectivity index (χ2n) is 5.49. The molecule has 5 amide bonds. The summed E-state index contributed by atoms with van der Waals surface area (Å²) in [6, 6.07) is -0.789. The van der Waals surface area contributed by atoms with Crippen LogP contribution in [0.15, 0.2) is 0 Å². The number of carbonyl (C=O) groups excluding carboxylic acids is 5. The van der Waals surface area contributed by atoms with Gasteiger partial charge in [-0.2, -0.15) is 0 Å². The van der Waals surface area contributed by atoms with Gasteiger partial charge < -0.3 is 32.3 Å². The first-order chi connectivity index (χ1) is 11.6. The standard InChI is InChI=1S/C14H26N6O5/c1-8(2)19-14(25)9(3)20-13(24)7-18-12(23)6-17-11(22)5-16-10(21)4-15/h8-9H,4-7,15H2,1-3H3,(H,16,21)(H,17,22)(H,18,23)(H,19,25)(H,20,24). The van der Waals surface area contributed by atoms with E-state index in [1.807, 2.05) is 0 Å². The molecule has 0 saturated heterocycles. The van der Waals surface area contributed by atoms with Crippen LogP contribution < -0.4 is 32.3 Å². The summed E-state index contributed by atoms with van der Waals surface area (Å²) in [6.07, 6.45) is 0. The van der Waals surface area contributed by atoms with E-state index in [1.165, 1.54) is 6.92 Å². The van der Waals surface area contributed by atoms with E-state index in [0.717, 1.165) is 0 Å². The van der Waals surface area contributed by atoms with Crippen LogP contribution in [0.1, 0.15) is 20.8 Å². The molecule has 0 rings (SSSR count). The summed E-state index contributed by atoms with van der Waals surface area (Å²) in [5.74, 6) is -2.53. The minimum absolute atomic E-state index is 0.0511. The molecule has 142 valence electrons. The summed E-state index contributed by atoms with van der Waals surface area (Å²) in [4.78, 5) is 57.0. The average Bonchev–Trinajstić information content (AvgIpc) is 2.54. The van der Waals surface area contributed by atoms with Crippen molar-refractivity contribution in [2.75, 3.05) is 26.2 Å². The van der Waals surface area contributed by atoms with Gasteiger partial charge in [0.1, 0.15) is 6.04 Å². The van der Waals surface area contributed by atoms with Crippen molar-refractivity contribution in [3.8, 4) is 0 Å². The van der Waals surface area contributed by atoms with E-state index < -0.39 is 29.7 Å². The third kappa shape index (κ3) is 11.5. The molecule has 11 heteroatoms. The normalized spacial score (nSPS) is 11.2. The van der Waals surface area contributed by atoms with E-state index in [-0.39, 0.29) is 38.1 Å². The molecule has 11 nitrogen and oxygen atoms in total. The Morgan fingerprint density at radius 3 is 1.60 bits per heavy atom. The summed E-state index contributed by atoms with van der Waals surface area (Å²) in [5.41, 5.74) is 5.05. The number of hydrogen-bond donors (Lipinski definition) is 6. The van der Waals surface area contributed by atoms with Gasteiger partial charge in [0, 0.05) is 6.04 Å². The predicted molar refractivity (Wildman–Crippen MR) is 89.0 cm³/mol. The number of amides is 5. The second kappa shape index (κ2) is 11.8. The van der Waals surface area contributed by atoms with Gasteiger partial charge >= 0.3 is 0 Å². The fourth-order valence-corrected chi connectivity index (χ4v) is 1.50. The Labute approximate surface area is 145 Å². The number of nitrogens with one attached hydrogen (secondary N) is 5. The van der Waals surface area contributed by atoms with E-state index in [1.54, 1.807) is 13.8 Å². The number of rotatable bonds is 10. The molecule has 0 saturated carbocycles. The van der Waals surface area contributed by atoms with Crippen LogP contribution in [0.25, 0.3) is 0 Å². The second-order valence-corrected chi connectivity index (χ2v) is 5.49. The maximum atomic E-state index is 11.6. The van der Waals surface area contributed by atoms with Crippen molar-refractivity contribution < 1.29 is 24.0 Å². The Morgan fingerprint density at radius 2 is 1.16 bits per heavy atom. The first-order valence-electron chi connectivity index (χ1n) is 7.75. The minimum Gasteiger partial charge on any atom is -0.352 e. The molecule has 0 aromatic rings. The Kier molecular flexibility index (Phi) is 10.5. The van der Waals surface area contributed by atoms with Crippen LogP contribution in [0.4, 0.5) is 0 Å². The molecule has 0 aromatic carbocycles. The molecule has 0 spiro atoms. The highest BCUT2D eigenvalue weighted by atomic mass is 16.2. The summed E-state index contributed by atoms with van der Waals surface area (Å²) in [5, 5.41) is 11.9. The lowest BCUT2D eigenvalue weighted by Crippen LogP contribution is -2.50. The van der Waals surface area contributed by atoms with Gasteiger partial charge in [0.05, 0.1) is 26.2 Å². The highest BCUT2D eigenvalue weighted by Crippen LogP contribution is 1.85. The highest BCUT2D eigenvalue weighted by molar-refractivity contribution is 5.91. The largest absolute Gasteiger partial charge is 0.352 e. The van der Waals surface area contributed by atoms with E-state index in [2.05, 4.69) is 26.6 Å². The molecule has 0 heterocycles. The molecule has 0 radical (unpaired) electrons. The monoisotopic (exact) mass is 358 g/mol. The van der Waals surface area contributed by atoms with Gasteiger partial charge in [-0.25, -0.2) is 0 Å². The molecule has 1 unspecified atom stereocenters. The first-order valence-corrected chi connectivity index (χ1v) is 7.75. The fourth-order valence-electron chi connectivity index (χ4n) is 1.50. The van der Waals surface area contributed by atoms with Crippen molar-refractivity contribution >= 4 is 29.5 Å². The summed E-state index contributed by atoms with van der Waals surface area (Å²) in [6.45, 7) is 3.88. The van der Waals surface area contributed by atoms with E-state index in [9.17, 15) is 24.0 Å². The Morgan fingerprint density at radius 1 is 0.720 bits per heavy atom. The van der Waals surface area contributed by atoms with Gasteiger partial charge in [0.15, 0.2) is 0 Å². The van der Waals surface area contributed by atoms with Crippen LogP contribution >= 0.6 is 0 Å². The van der Waals surface area contributed by atoms with Crippen molar-refractivity contribution in [3.63, 3.8) is 0 Å². The smallest absolute Gasteiger partial charge is 0.242 e. The molecule has 25 heavy (non-hydrogen) atoms. The number of hydrogen-bond acceptors (Lipinski definition) is 6. The molecular weight excluding hydrogens is 332 g/mol. The zero-order valence-corrected chi connectivity index (χ0v) is 14.6. The molecule has 0 fully saturated rings. The van der Waals surface area contributed by atoms with E-state index in [0.29, 0.717) is 0 Å². The molecule has 0 aliphatic carbocycles. The SMILES string of the molecule is CC(C)NC(=O)C(C)NC(=O)CNC(=O)CNC(=O)CNC(=O)CN. The highest BCUT2D eigenvalue weighted by Gasteiger charge is 2.16. The van der Waals surface area contributed by atoms with Gasteiger partial charge in [-0.15, -0.1) is 0 Å². The fraction of sp³-hybridized carbons (Fsp3) is 0.643. The summed E-state index contributed by atoms with van der Waals surface area (Å²) in [7, 11) is 0. The summed E-state index contributed by atoms with van der Waals surface area (Å²) >= 11 is 0. The summed E-state index contributed by atoms with van der Waals surface area (Å²) < 4.78 is 0. The molecule has 1 atom stereocenters. The van der Waals surface area contributed by atoms with Gasteiger partial charge in [-0.1, -0.05) is 0 Å². The quantitative estimate of drug-likeness (QED) is 0.235. The molecule has 0 aliphatic rings. The van der Waals surface area contributed by atoms with E-state index >= 15 is 0 Å². The van der Waals surface area contributed by atoms with Gasteiger partial charge in [0.25, 0.3) is 0 Å². The first kappa shape index (κ1) is 22.3. The van der Waals surface area contributed by atoms with Gasteiger partial charge in [-0.3, -0.25) is 24.0 Å². The zero-order chi connectivity index (χ0) is 19.4. The third-order valence-electron chi connectivity index (χ3n) is 2.73. The average molecular weight is 358 g/mol. The molecule has 0 aliphatic heterocycles. The number of nitrogens with two attached hydrogens (primary N) is 1. The lowest BCUT2D eigenvalue weighted by molar-refractivity contribution is -0.130. The van der Waals surface area contributed by atoms with Crippen LogP contribution in [0.2, 0.25) is 0 Å². The van der Waals surface area contributed by atoms with Crippen molar-refractivity contribution in [3.05, 3.63) is 0 Å². The van der Waals surface area contributed by atoms with Crippen molar-refractivity contribution in [1.29, 1.82) is 0 Å². The Bertz CT molecular complexity index is 508. The van der Waals surface area contributed by atoms with Crippen LogP contribution in [-0.2, 0) is 24.0 Å². The Hall–Kier alpha value is -2.69. The lowest BCUT2D eigenvalue weighted by Gasteiger charge is -2.16. The van der Waals surface area contributed by atoms with Crippen molar-refractivity contribution in [2.45, 2.75) is 32.9 Å². The van der Waals surface area contributed by atoms with Crippen LogP contribution in [0.5, 0.6) is 0 Å². The predicted octanol–water partition coefficient (Wildman–Crippen LogP) is -3.68. The number of carbonyl (C=O) groups is 5. The minimum atomic E-state index is -0.738. The molecule has 0 bridgehead atoms. The third-order valence-corrected chi connectivity index (χ3v) is 2.73. The van der Waals surface area contributed by atoms with E-state index in [4.69, 9.17) is 5.73 Å². The van der Waals surface area contributed by atoms with Gasteiger partial charge in [-0.05, 0) is 20.8 Å². The van der Waals surface area contributed by atoms with Crippen LogP contribution in [0, 0.1) is 0 Å². The maximum absolute atomic E-state index is 11.6.